The van der Waals surface area contributed by atoms with Crippen LogP contribution in [0.4, 0.5) is 0 Å². The molecule has 1 atom stereocenters. The van der Waals surface area contributed by atoms with E-state index in [4.69, 9.17) is 4.42 Å². The van der Waals surface area contributed by atoms with E-state index in [1.54, 1.807) is 25.3 Å². The molecule has 2 aromatic heterocycles. The quantitative estimate of drug-likeness (QED) is 0.461. The van der Waals surface area contributed by atoms with Crippen LogP contribution in [0, 0.1) is 12.8 Å². The van der Waals surface area contributed by atoms with Gasteiger partial charge in [-0.3, -0.25) is 9.59 Å². The van der Waals surface area contributed by atoms with Crippen molar-refractivity contribution in [3.63, 3.8) is 0 Å². The van der Waals surface area contributed by atoms with Crippen molar-refractivity contribution in [2.75, 3.05) is 5.75 Å². The van der Waals surface area contributed by atoms with Crippen LogP contribution in [0.3, 0.4) is 0 Å². The Morgan fingerprint density at radius 3 is 2.56 bits per heavy atom. The molecule has 0 saturated heterocycles. The first-order valence-corrected chi connectivity index (χ1v) is 9.13. The van der Waals surface area contributed by atoms with Crippen LogP contribution >= 0.6 is 11.8 Å². The van der Waals surface area contributed by atoms with Crippen LogP contribution in [0.1, 0.15) is 43.7 Å². The van der Waals surface area contributed by atoms with Crippen molar-refractivity contribution in [3.8, 4) is 11.6 Å². The fraction of sp³-hybridized carbons (Fsp3) is 0.444. The minimum atomic E-state index is -0.123. The van der Waals surface area contributed by atoms with Gasteiger partial charge in [-0.1, -0.05) is 25.6 Å². The first kappa shape index (κ1) is 19.2. The number of aryl methyl sites for hydroxylation is 1. The third kappa shape index (κ3) is 4.92. The maximum Gasteiger partial charge on any atom is 0.230 e. The number of rotatable bonds is 7. The zero-order valence-electron chi connectivity index (χ0n) is 15.1. The van der Waals surface area contributed by atoms with Gasteiger partial charge in [0.2, 0.25) is 5.91 Å². The van der Waals surface area contributed by atoms with E-state index in [0.29, 0.717) is 33.8 Å². The highest BCUT2D eigenvalue weighted by atomic mass is 32.2. The number of nitrogens with one attached hydrogen (secondary N) is 1. The Morgan fingerprint density at radius 2 is 2.00 bits per heavy atom. The summed E-state index contributed by atoms with van der Waals surface area (Å²) in [6.07, 6.45) is 1.54. The lowest BCUT2D eigenvalue weighted by atomic mass is 10.1. The molecule has 0 aliphatic heterocycles. The van der Waals surface area contributed by atoms with Crippen molar-refractivity contribution < 1.29 is 14.0 Å². The van der Waals surface area contributed by atoms with E-state index in [9.17, 15) is 9.59 Å². The molecular weight excluding hydrogens is 338 g/mol. The third-order valence-corrected chi connectivity index (χ3v) is 4.85. The van der Waals surface area contributed by atoms with Gasteiger partial charge in [-0.25, -0.2) is 9.97 Å². The van der Waals surface area contributed by atoms with Gasteiger partial charge >= 0.3 is 0 Å². The molecule has 0 aromatic carbocycles. The summed E-state index contributed by atoms with van der Waals surface area (Å²) in [7, 11) is 0. The topological polar surface area (TPSA) is 85.1 Å². The van der Waals surface area contributed by atoms with Gasteiger partial charge in [0.15, 0.2) is 17.4 Å². The Hall–Kier alpha value is -2.15. The summed E-state index contributed by atoms with van der Waals surface area (Å²) in [6, 6.07) is 3.60. The maximum absolute atomic E-state index is 12.1. The van der Waals surface area contributed by atoms with E-state index in [1.165, 1.54) is 18.7 Å². The normalized spacial score (nSPS) is 12.2. The zero-order chi connectivity index (χ0) is 18.6. The van der Waals surface area contributed by atoms with Gasteiger partial charge in [-0.15, -0.1) is 0 Å². The van der Waals surface area contributed by atoms with E-state index in [0.717, 1.165) is 0 Å². The Morgan fingerprint density at radius 1 is 1.28 bits per heavy atom. The maximum atomic E-state index is 12.1. The van der Waals surface area contributed by atoms with Gasteiger partial charge in [0.1, 0.15) is 5.03 Å². The first-order valence-electron chi connectivity index (χ1n) is 8.15. The smallest absolute Gasteiger partial charge is 0.230 e. The van der Waals surface area contributed by atoms with Crippen LogP contribution in [0.15, 0.2) is 27.8 Å². The first-order chi connectivity index (χ1) is 11.8. The van der Waals surface area contributed by atoms with Crippen LogP contribution in [-0.2, 0) is 4.79 Å². The molecule has 2 rings (SSSR count). The number of hydrogen-bond acceptors (Lipinski definition) is 6. The minimum absolute atomic E-state index is 0.0866. The van der Waals surface area contributed by atoms with Gasteiger partial charge in [-0.05, 0) is 38.8 Å². The van der Waals surface area contributed by atoms with Crippen LogP contribution in [0.2, 0.25) is 0 Å². The number of aromatic nitrogens is 2. The molecule has 2 heterocycles. The minimum Gasteiger partial charge on any atom is -0.461 e. The zero-order valence-corrected chi connectivity index (χ0v) is 15.9. The standard InChI is InChI=1S/C18H23N3O3S/c1-10(2)11(3)19-15(23)9-25-18-16(13(5)22)12(4)20-17(21-18)14-7-6-8-24-14/h6-8,10-11H,9H2,1-5H3,(H,19,23)/t11-/m1/s1. The molecule has 0 radical (unpaired) electrons. The van der Waals surface area contributed by atoms with E-state index in [2.05, 4.69) is 29.1 Å². The predicted molar refractivity (Wildman–Crippen MR) is 97.6 cm³/mol. The third-order valence-electron chi connectivity index (χ3n) is 3.88. The number of nitrogens with zero attached hydrogens (tertiary/aromatic N) is 2. The van der Waals surface area contributed by atoms with E-state index < -0.39 is 0 Å². The molecule has 1 N–H and O–H groups in total. The van der Waals surface area contributed by atoms with Crippen LogP contribution in [0.25, 0.3) is 11.6 Å². The predicted octanol–water partition coefficient (Wildman–Crippen LogP) is 3.50. The van der Waals surface area contributed by atoms with Crippen LogP contribution < -0.4 is 5.32 Å². The molecule has 0 spiro atoms. The SMILES string of the molecule is CC(=O)c1c(C)nc(-c2ccco2)nc1SCC(=O)N[C@H](C)C(C)C. The lowest BCUT2D eigenvalue weighted by Crippen LogP contribution is -2.37. The van der Waals surface area contributed by atoms with Crippen molar-refractivity contribution in [2.24, 2.45) is 5.92 Å². The molecule has 1 amide bonds. The number of carbonyl (C=O) groups is 2. The second kappa shape index (κ2) is 8.29. The molecule has 0 aliphatic rings. The largest absolute Gasteiger partial charge is 0.461 e. The van der Waals surface area contributed by atoms with Crippen molar-refractivity contribution in [2.45, 2.75) is 45.7 Å². The highest BCUT2D eigenvalue weighted by Crippen LogP contribution is 2.27. The number of hydrogen-bond donors (Lipinski definition) is 1. The number of ketones is 1. The average Bonchev–Trinajstić information content (AvgIpc) is 3.06. The molecular formula is C18H23N3O3S. The molecule has 7 heteroatoms. The number of thioether (sulfide) groups is 1. The molecule has 0 aliphatic carbocycles. The summed E-state index contributed by atoms with van der Waals surface area (Å²) >= 11 is 1.24. The Balaban J connectivity index is 2.23. The summed E-state index contributed by atoms with van der Waals surface area (Å²) in [4.78, 5) is 32.9. The lowest BCUT2D eigenvalue weighted by Gasteiger charge is -2.17. The second-order valence-electron chi connectivity index (χ2n) is 6.24. The monoisotopic (exact) mass is 361 g/mol. The molecule has 25 heavy (non-hydrogen) atoms. The summed E-state index contributed by atoms with van der Waals surface area (Å²) in [5.74, 6) is 1.27. The second-order valence-corrected chi connectivity index (χ2v) is 7.20. The van der Waals surface area contributed by atoms with Gasteiger partial charge in [0.05, 0.1) is 23.3 Å². The number of amides is 1. The average molecular weight is 361 g/mol. The summed E-state index contributed by atoms with van der Waals surface area (Å²) in [5.41, 5.74) is 1.03. The van der Waals surface area contributed by atoms with Gasteiger partial charge in [0.25, 0.3) is 0 Å². The van der Waals surface area contributed by atoms with E-state index in [-0.39, 0.29) is 23.5 Å². The van der Waals surface area contributed by atoms with Crippen LogP contribution in [-0.4, -0.2) is 33.5 Å². The summed E-state index contributed by atoms with van der Waals surface area (Å²) in [6.45, 7) is 9.31. The summed E-state index contributed by atoms with van der Waals surface area (Å²) < 4.78 is 5.34. The highest BCUT2D eigenvalue weighted by molar-refractivity contribution is 8.00. The highest BCUT2D eigenvalue weighted by Gasteiger charge is 2.19. The van der Waals surface area contributed by atoms with Crippen LogP contribution in [0.5, 0.6) is 0 Å². The number of Topliss-reactive ketones (excluding diaryl/α,β-unsaturated/α-hetero) is 1. The number of furan rings is 1. The molecule has 6 nitrogen and oxygen atoms in total. The molecule has 0 unspecified atom stereocenters. The molecule has 0 fully saturated rings. The molecule has 0 saturated carbocycles. The Labute approximate surface area is 151 Å². The fourth-order valence-electron chi connectivity index (χ4n) is 2.17. The van der Waals surface area contributed by atoms with Gasteiger partial charge in [0, 0.05) is 6.04 Å². The Kier molecular flexibility index (Phi) is 6.36. The lowest BCUT2D eigenvalue weighted by molar-refractivity contribution is -0.119. The summed E-state index contributed by atoms with van der Waals surface area (Å²) in [5, 5.41) is 3.45. The van der Waals surface area contributed by atoms with Gasteiger partial charge in [-0.2, -0.15) is 0 Å². The Bertz CT molecular complexity index is 757. The van der Waals surface area contributed by atoms with Crippen molar-refractivity contribution in [3.05, 3.63) is 29.7 Å². The van der Waals surface area contributed by atoms with Gasteiger partial charge < -0.3 is 9.73 Å². The van der Waals surface area contributed by atoms with Crippen molar-refractivity contribution >= 4 is 23.5 Å². The van der Waals surface area contributed by atoms with Crippen molar-refractivity contribution in [1.82, 2.24) is 15.3 Å². The fourth-order valence-corrected chi connectivity index (χ4v) is 3.11. The van der Waals surface area contributed by atoms with E-state index in [1.807, 2.05) is 6.92 Å². The van der Waals surface area contributed by atoms with E-state index >= 15 is 0 Å². The molecule has 0 bridgehead atoms. The number of carbonyl (C=O) groups excluding carboxylic acids is 2. The van der Waals surface area contributed by atoms with Crippen molar-refractivity contribution in [1.29, 1.82) is 0 Å². The molecule has 2 aromatic rings. The molecule has 134 valence electrons.